The molecule has 3 N–H and O–H groups in total. The summed E-state index contributed by atoms with van der Waals surface area (Å²) in [5.41, 5.74) is 1.45. The molecule has 0 aliphatic heterocycles. The van der Waals surface area contributed by atoms with Crippen LogP contribution in [0.4, 0.5) is 0 Å². The summed E-state index contributed by atoms with van der Waals surface area (Å²) < 4.78 is 0. The third kappa shape index (κ3) is 1.84. The van der Waals surface area contributed by atoms with E-state index in [1.54, 1.807) is 25.1 Å². The minimum atomic E-state index is -0.817. The van der Waals surface area contributed by atoms with Crippen molar-refractivity contribution in [2.45, 2.75) is 13.3 Å². The summed E-state index contributed by atoms with van der Waals surface area (Å²) in [5.74, 6) is -1.24. The van der Waals surface area contributed by atoms with E-state index in [0.717, 1.165) is 5.56 Å². The van der Waals surface area contributed by atoms with Crippen molar-refractivity contribution in [3.05, 3.63) is 34.1 Å². The van der Waals surface area contributed by atoms with Gasteiger partial charge in [-0.25, -0.2) is 0 Å². The molecule has 1 aromatic heterocycles. The molecule has 0 spiro atoms. The molecule has 2 aromatic rings. The van der Waals surface area contributed by atoms with Crippen LogP contribution in [0.5, 0.6) is 0 Å². The third-order valence-electron chi connectivity index (χ3n) is 2.60. The first-order chi connectivity index (χ1) is 7.58. The maximum absolute atomic E-state index is 11.2. The fourth-order valence-corrected chi connectivity index (χ4v) is 1.65. The van der Waals surface area contributed by atoms with Crippen molar-refractivity contribution >= 4 is 16.9 Å². The van der Waals surface area contributed by atoms with Gasteiger partial charge in [0.05, 0.1) is 16.8 Å². The average molecular weight is 220 g/mol. The van der Waals surface area contributed by atoms with Gasteiger partial charge in [-0.05, 0) is 24.1 Å². The number of carboxylic acid groups (broad SMARTS) is 1. The molecule has 2 rings (SSSR count). The number of nitrogens with one attached hydrogen (secondary N) is 2. The van der Waals surface area contributed by atoms with Gasteiger partial charge in [0.2, 0.25) is 0 Å². The number of aliphatic carboxylic acids is 1. The lowest BCUT2D eigenvalue weighted by Crippen LogP contribution is -2.12. The molecule has 5 heteroatoms. The van der Waals surface area contributed by atoms with Crippen LogP contribution in [0.1, 0.15) is 12.5 Å². The first-order valence-corrected chi connectivity index (χ1v) is 5.00. The lowest BCUT2D eigenvalue weighted by Gasteiger charge is -2.05. The Hall–Kier alpha value is -2.04. The van der Waals surface area contributed by atoms with Crippen molar-refractivity contribution in [2.24, 2.45) is 5.92 Å². The summed E-state index contributed by atoms with van der Waals surface area (Å²) in [4.78, 5) is 21.9. The highest BCUT2D eigenvalue weighted by Crippen LogP contribution is 2.13. The summed E-state index contributed by atoms with van der Waals surface area (Å²) in [5, 5.41) is 14.6. The largest absolute Gasteiger partial charge is 0.481 e. The van der Waals surface area contributed by atoms with E-state index in [4.69, 9.17) is 5.11 Å². The number of carboxylic acids is 1. The van der Waals surface area contributed by atoms with Crippen LogP contribution in [0, 0.1) is 5.92 Å². The second-order valence-electron chi connectivity index (χ2n) is 3.90. The number of fused-ring (bicyclic) bond motifs is 1. The molecule has 0 aliphatic rings. The highest BCUT2D eigenvalue weighted by Gasteiger charge is 2.12. The van der Waals surface area contributed by atoms with E-state index in [1.165, 1.54) is 0 Å². The number of H-pyrrole nitrogens is 2. The number of hydrogen-bond acceptors (Lipinski definition) is 2. The van der Waals surface area contributed by atoms with Crippen LogP contribution < -0.4 is 5.56 Å². The van der Waals surface area contributed by atoms with Gasteiger partial charge in [-0.2, -0.15) is 0 Å². The van der Waals surface area contributed by atoms with Crippen LogP contribution in [0.3, 0.4) is 0 Å². The summed E-state index contributed by atoms with van der Waals surface area (Å²) in [6, 6.07) is 5.28. The molecule has 5 nitrogen and oxygen atoms in total. The van der Waals surface area contributed by atoms with Crippen LogP contribution in [0.25, 0.3) is 10.9 Å². The molecule has 84 valence electrons. The highest BCUT2D eigenvalue weighted by atomic mass is 16.4. The second-order valence-corrected chi connectivity index (χ2v) is 3.90. The smallest absolute Gasteiger partial charge is 0.306 e. The number of aromatic amines is 2. The molecule has 0 saturated heterocycles. The van der Waals surface area contributed by atoms with E-state index >= 15 is 0 Å². The fraction of sp³-hybridized carbons (Fsp3) is 0.273. The predicted molar refractivity (Wildman–Crippen MR) is 59.4 cm³/mol. The Kier molecular flexibility index (Phi) is 2.52. The van der Waals surface area contributed by atoms with Gasteiger partial charge in [0.15, 0.2) is 0 Å². The molecular formula is C11H12N2O3. The normalized spacial score (nSPS) is 12.8. The summed E-state index contributed by atoms with van der Waals surface area (Å²) in [7, 11) is 0. The zero-order valence-electron chi connectivity index (χ0n) is 8.78. The van der Waals surface area contributed by atoms with Gasteiger partial charge in [-0.15, -0.1) is 0 Å². The van der Waals surface area contributed by atoms with E-state index < -0.39 is 11.9 Å². The molecule has 1 unspecified atom stereocenters. The number of hydrogen-bond donors (Lipinski definition) is 3. The monoisotopic (exact) mass is 220 g/mol. The Balaban J connectivity index is 2.33. The van der Waals surface area contributed by atoms with Gasteiger partial charge < -0.3 is 5.11 Å². The third-order valence-corrected chi connectivity index (χ3v) is 2.60. The SMILES string of the molecule is CC(Cc1ccc2c(=O)[nH][nH]c2c1)C(=O)O. The Morgan fingerprint density at radius 3 is 2.88 bits per heavy atom. The molecule has 0 radical (unpaired) electrons. The van der Waals surface area contributed by atoms with Crippen molar-refractivity contribution in [3.8, 4) is 0 Å². The Labute approximate surface area is 91.1 Å². The van der Waals surface area contributed by atoms with E-state index in [1.807, 2.05) is 0 Å². The highest BCUT2D eigenvalue weighted by molar-refractivity contribution is 5.78. The van der Waals surface area contributed by atoms with Gasteiger partial charge in [0, 0.05) is 0 Å². The molecule has 16 heavy (non-hydrogen) atoms. The Morgan fingerprint density at radius 1 is 1.44 bits per heavy atom. The van der Waals surface area contributed by atoms with Crippen LogP contribution in [0.15, 0.2) is 23.0 Å². The van der Waals surface area contributed by atoms with E-state index in [9.17, 15) is 9.59 Å². The molecule has 1 aromatic carbocycles. The fourth-order valence-electron chi connectivity index (χ4n) is 1.65. The Bertz CT molecular complexity index is 582. The van der Waals surface area contributed by atoms with Crippen molar-refractivity contribution < 1.29 is 9.90 Å². The average Bonchev–Trinajstić information content (AvgIpc) is 2.60. The minimum Gasteiger partial charge on any atom is -0.481 e. The Morgan fingerprint density at radius 2 is 2.19 bits per heavy atom. The zero-order valence-corrected chi connectivity index (χ0v) is 8.78. The molecule has 0 fully saturated rings. The van der Waals surface area contributed by atoms with Gasteiger partial charge in [-0.1, -0.05) is 13.0 Å². The van der Waals surface area contributed by atoms with Crippen LogP contribution in [0.2, 0.25) is 0 Å². The lowest BCUT2D eigenvalue weighted by molar-refractivity contribution is -0.141. The van der Waals surface area contributed by atoms with Gasteiger partial charge in [-0.3, -0.25) is 19.8 Å². The van der Waals surface area contributed by atoms with E-state index in [-0.39, 0.29) is 5.56 Å². The van der Waals surface area contributed by atoms with Crippen LogP contribution in [-0.2, 0) is 11.2 Å². The van der Waals surface area contributed by atoms with Gasteiger partial charge in [0.25, 0.3) is 5.56 Å². The zero-order chi connectivity index (χ0) is 11.7. The minimum absolute atomic E-state index is 0.159. The summed E-state index contributed by atoms with van der Waals surface area (Å²) in [6.45, 7) is 1.66. The maximum Gasteiger partial charge on any atom is 0.306 e. The topological polar surface area (TPSA) is 86.0 Å². The predicted octanol–water partition coefficient (Wildman–Crippen LogP) is 1.12. The molecule has 0 amide bonds. The first-order valence-electron chi connectivity index (χ1n) is 5.00. The molecule has 0 bridgehead atoms. The first kappa shape index (κ1) is 10.5. The standard InChI is InChI=1S/C11H12N2O3/c1-6(11(15)16)4-7-2-3-8-9(5-7)12-13-10(8)14/h2-3,5-6H,4H2,1H3,(H,15,16)(H2,12,13,14). The quantitative estimate of drug-likeness (QED) is 0.724. The number of aromatic nitrogens is 2. The molecule has 1 atom stereocenters. The summed E-state index contributed by atoms with van der Waals surface area (Å²) >= 11 is 0. The molecule has 0 aliphatic carbocycles. The lowest BCUT2D eigenvalue weighted by atomic mass is 10.0. The second kappa shape index (κ2) is 3.84. The van der Waals surface area contributed by atoms with Gasteiger partial charge >= 0.3 is 5.97 Å². The molecule has 0 saturated carbocycles. The van der Waals surface area contributed by atoms with E-state index in [0.29, 0.717) is 17.3 Å². The van der Waals surface area contributed by atoms with E-state index in [2.05, 4.69) is 10.2 Å². The van der Waals surface area contributed by atoms with Crippen LogP contribution >= 0.6 is 0 Å². The van der Waals surface area contributed by atoms with Crippen molar-refractivity contribution in [3.63, 3.8) is 0 Å². The van der Waals surface area contributed by atoms with Crippen molar-refractivity contribution in [1.82, 2.24) is 10.2 Å². The molecule has 1 heterocycles. The van der Waals surface area contributed by atoms with Crippen LogP contribution in [-0.4, -0.2) is 21.3 Å². The van der Waals surface area contributed by atoms with Crippen molar-refractivity contribution in [2.75, 3.05) is 0 Å². The van der Waals surface area contributed by atoms with Crippen molar-refractivity contribution in [1.29, 1.82) is 0 Å². The molecular weight excluding hydrogens is 208 g/mol. The number of carbonyl (C=O) groups is 1. The summed E-state index contributed by atoms with van der Waals surface area (Å²) in [6.07, 6.45) is 0.457. The number of benzene rings is 1. The number of rotatable bonds is 3. The van der Waals surface area contributed by atoms with Gasteiger partial charge in [0.1, 0.15) is 0 Å². The maximum atomic E-state index is 11.2.